The van der Waals surface area contributed by atoms with Gasteiger partial charge in [-0.25, -0.2) is 9.97 Å². The third-order valence-corrected chi connectivity index (χ3v) is 3.41. The number of nitrogens with zero attached hydrogens (tertiary/aromatic N) is 4. The van der Waals surface area contributed by atoms with Crippen molar-refractivity contribution in [2.45, 2.75) is 40.7 Å². The van der Waals surface area contributed by atoms with Gasteiger partial charge >= 0.3 is 0 Å². The van der Waals surface area contributed by atoms with Gasteiger partial charge in [-0.15, -0.1) is 13.2 Å². The van der Waals surface area contributed by atoms with Crippen molar-refractivity contribution in [3.63, 3.8) is 0 Å². The van der Waals surface area contributed by atoms with E-state index in [9.17, 15) is 0 Å². The van der Waals surface area contributed by atoms with Crippen LogP contribution in [0.1, 0.15) is 39.0 Å². The zero-order valence-corrected chi connectivity index (χ0v) is 16.2. The largest absolute Gasteiger partial charge is 0.303 e. The summed E-state index contributed by atoms with van der Waals surface area (Å²) in [6, 6.07) is 0.391. The second-order valence-electron chi connectivity index (χ2n) is 5.27. The molecule has 1 atom stereocenters. The molecule has 0 N–H and O–H groups in total. The van der Waals surface area contributed by atoms with Gasteiger partial charge in [0.2, 0.25) is 5.78 Å². The lowest BCUT2D eigenvalue weighted by molar-refractivity contribution is 0.364. The molecule has 24 heavy (non-hydrogen) atoms. The molecule has 0 aliphatic heterocycles. The average Bonchev–Trinajstić information content (AvgIpc) is 3.01. The minimum atomic E-state index is 0.391. The SMILES string of the molecule is C/C=C(\C=C/C(C)N(C)C)c1cn2cc(C)cnc2n1.C=C.CC. The van der Waals surface area contributed by atoms with E-state index in [4.69, 9.17) is 0 Å². The Bertz CT molecular complexity index is 665. The Morgan fingerprint density at radius 1 is 1.25 bits per heavy atom. The monoisotopic (exact) mass is 328 g/mol. The van der Waals surface area contributed by atoms with Crippen LogP contribution in [0.5, 0.6) is 0 Å². The first-order chi connectivity index (χ1) is 11.5. The fourth-order valence-corrected chi connectivity index (χ4v) is 1.87. The van der Waals surface area contributed by atoms with Gasteiger partial charge in [-0.05, 0) is 46.0 Å². The summed E-state index contributed by atoms with van der Waals surface area (Å²) in [5, 5.41) is 0. The van der Waals surface area contributed by atoms with E-state index in [1.165, 1.54) is 0 Å². The van der Waals surface area contributed by atoms with Crippen molar-refractivity contribution >= 4 is 11.4 Å². The third kappa shape index (κ3) is 6.13. The van der Waals surface area contributed by atoms with Gasteiger partial charge in [0.1, 0.15) is 0 Å². The van der Waals surface area contributed by atoms with Crippen LogP contribution in [0, 0.1) is 6.92 Å². The fraction of sp³-hybridized carbons (Fsp3) is 0.400. The van der Waals surface area contributed by atoms with Crippen LogP contribution in [0.15, 0.2) is 50.0 Å². The number of likely N-dealkylation sites (N-methyl/N-ethyl adjacent to an activating group) is 1. The van der Waals surface area contributed by atoms with E-state index in [0.717, 1.165) is 22.6 Å². The Balaban J connectivity index is 0.00000123. The molecule has 2 heterocycles. The highest BCUT2D eigenvalue weighted by atomic mass is 15.1. The lowest BCUT2D eigenvalue weighted by Gasteiger charge is -2.15. The van der Waals surface area contributed by atoms with E-state index in [0.29, 0.717) is 6.04 Å². The summed E-state index contributed by atoms with van der Waals surface area (Å²) in [4.78, 5) is 11.1. The smallest absolute Gasteiger partial charge is 0.234 e. The summed E-state index contributed by atoms with van der Waals surface area (Å²) in [5.41, 5.74) is 3.19. The molecular formula is C20H32N4. The number of aromatic nitrogens is 3. The molecule has 2 rings (SSSR count). The molecule has 0 spiro atoms. The van der Waals surface area contributed by atoms with Crippen molar-refractivity contribution in [3.8, 4) is 0 Å². The minimum Gasteiger partial charge on any atom is -0.303 e. The summed E-state index contributed by atoms with van der Waals surface area (Å²) in [5.74, 6) is 0.735. The molecule has 0 aromatic carbocycles. The second kappa shape index (κ2) is 11.4. The highest BCUT2D eigenvalue weighted by Crippen LogP contribution is 2.16. The van der Waals surface area contributed by atoms with Crippen LogP contribution in [-0.2, 0) is 0 Å². The topological polar surface area (TPSA) is 33.4 Å². The van der Waals surface area contributed by atoms with E-state index in [2.05, 4.69) is 67.3 Å². The molecule has 0 aliphatic rings. The van der Waals surface area contributed by atoms with Gasteiger partial charge in [0.15, 0.2) is 0 Å². The summed E-state index contributed by atoms with van der Waals surface area (Å²) in [7, 11) is 4.14. The molecule has 4 nitrogen and oxygen atoms in total. The van der Waals surface area contributed by atoms with Gasteiger partial charge in [0.05, 0.1) is 5.69 Å². The van der Waals surface area contributed by atoms with Gasteiger partial charge in [-0.2, -0.15) is 0 Å². The quantitative estimate of drug-likeness (QED) is 0.598. The molecule has 1 unspecified atom stereocenters. The minimum absolute atomic E-state index is 0.391. The highest BCUT2D eigenvalue weighted by molar-refractivity contribution is 5.72. The summed E-state index contributed by atoms with van der Waals surface area (Å²) >= 11 is 0. The van der Waals surface area contributed by atoms with Gasteiger partial charge in [0.25, 0.3) is 0 Å². The zero-order chi connectivity index (χ0) is 18.7. The molecule has 4 heteroatoms. The van der Waals surface area contributed by atoms with E-state index in [1.807, 2.05) is 50.7 Å². The van der Waals surface area contributed by atoms with Crippen molar-refractivity contribution in [2.24, 2.45) is 0 Å². The lowest BCUT2D eigenvalue weighted by atomic mass is 10.1. The Kier molecular flexibility index (Phi) is 10.3. The van der Waals surface area contributed by atoms with Crippen LogP contribution in [0.4, 0.5) is 0 Å². The predicted octanol–water partition coefficient (Wildman–Crippen LogP) is 4.78. The third-order valence-electron chi connectivity index (χ3n) is 3.41. The van der Waals surface area contributed by atoms with Gasteiger partial charge < -0.3 is 4.90 Å². The maximum atomic E-state index is 4.57. The first-order valence-electron chi connectivity index (χ1n) is 8.34. The maximum absolute atomic E-state index is 4.57. The Morgan fingerprint density at radius 3 is 2.42 bits per heavy atom. The van der Waals surface area contributed by atoms with E-state index < -0.39 is 0 Å². The highest BCUT2D eigenvalue weighted by Gasteiger charge is 2.06. The Hall–Kier alpha value is -2.20. The normalized spacial score (nSPS) is 12.6. The predicted molar refractivity (Wildman–Crippen MR) is 106 cm³/mol. The van der Waals surface area contributed by atoms with Gasteiger partial charge in [-0.3, -0.25) is 4.40 Å². The number of allylic oxidation sites excluding steroid dienone is 3. The summed E-state index contributed by atoms with van der Waals surface area (Å²) in [6.07, 6.45) is 12.3. The van der Waals surface area contributed by atoms with Crippen LogP contribution >= 0.6 is 0 Å². The lowest BCUT2D eigenvalue weighted by Crippen LogP contribution is -2.21. The summed E-state index contributed by atoms with van der Waals surface area (Å²) in [6.45, 7) is 16.2. The molecule has 2 aromatic rings. The molecule has 2 aromatic heterocycles. The molecule has 0 radical (unpaired) electrons. The molecular weight excluding hydrogens is 296 g/mol. The van der Waals surface area contributed by atoms with Gasteiger partial charge in [-0.1, -0.05) is 32.1 Å². The number of fused-ring (bicyclic) bond motifs is 1. The molecule has 0 saturated carbocycles. The fourth-order valence-electron chi connectivity index (χ4n) is 1.87. The Labute approximate surface area is 147 Å². The number of rotatable bonds is 4. The van der Waals surface area contributed by atoms with Gasteiger partial charge in [0, 0.05) is 24.6 Å². The maximum Gasteiger partial charge on any atom is 0.234 e. The zero-order valence-electron chi connectivity index (χ0n) is 16.2. The van der Waals surface area contributed by atoms with Crippen LogP contribution < -0.4 is 0 Å². The van der Waals surface area contributed by atoms with Crippen molar-refractivity contribution in [2.75, 3.05) is 14.1 Å². The van der Waals surface area contributed by atoms with E-state index in [-0.39, 0.29) is 0 Å². The average molecular weight is 329 g/mol. The van der Waals surface area contributed by atoms with E-state index in [1.54, 1.807) is 0 Å². The molecule has 0 amide bonds. The van der Waals surface area contributed by atoms with Crippen molar-refractivity contribution < 1.29 is 0 Å². The number of hydrogen-bond donors (Lipinski definition) is 0. The second-order valence-corrected chi connectivity index (χ2v) is 5.27. The van der Waals surface area contributed by atoms with Crippen molar-refractivity contribution in [3.05, 3.63) is 61.2 Å². The standard InChI is InChI=1S/C16H22N4.C2H6.C2H4/c1-6-14(8-7-13(3)19(4)5)15-11-20-10-12(2)9-17-16(20)18-15;2*1-2/h6-11,13H,1-5H3;1-2H3;1-2H2/b8-7-,14-6+;;. The van der Waals surface area contributed by atoms with Crippen molar-refractivity contribution in [1.82, 2.24) is 19.3 Å². The Morgan fingerprint density at radius 2 is 1.88 bits per heavy atom. The first-order valence-corrected chi connectivity index (χ1v) is 8.34. The molecule has 0 aliphatic carbocycles. The molecule has 0 fully saturated rings. The number of hydrogen-bond acceptors (Lipinski definition) is 3. The number of imidazole rings is 1. The molecule has 132 valence electrons. The van der Waals surface area contributed by atoms with Crippen molar-refractivity contribution in [1.29, 1.82) is 0 Å². The van der Waals surface area contributed by atoms with Crippen LogP contribution in [-0.4, -0.2) is 39.4 Å². The van der Waals surface area contributed by atoms with Crippen LogP contribution in [0.25, 0.3) is 11.4 Å². The van der Waals surface area contributed by atoms with Crippen LogP contribution in [0.2, 0.25) is 0 Å². The number of aryl methyl sites for hydroxylation is 1. The summed E-state index contributed by atoms with van der Waals surface area (Å²) < 4.78 is 1.97. The van der Waals surface area contributed by atoms with E-state index >= 15 is 0 Å². The molecule has 0 saturated heterocycles. The van der Waals surface area contributed by atoms with Crippen LogP contribution in [0.3, 0.4) is 0 Å². The first kappa shape index (κ1) is 21.8. The molecule has 0 bridgehead atoms.